The average molecular weight is 232 g/mol. The van der Waals surface area contributed by atoms with Crippen LogP contribution in [0.25, 0.3) is 11.6 Å². The van der Waals surface area contributed by atoms with Crippen molar-refractivity contribution >= 4 is 5.97 Å². The summed E-state index contributed by atoms with van der Waals surface area (Å²) in [5.74, 6) is 0.102. The van der Waals surface area contributed by atoms with Crippen molar-refractivity contribution in [2.45, 2.75) is 18.8 Å². The van der Waals surface area contributed by atoms with Gasteiger partial charge in [0.2, 0.25) is 0 Å². The molecule has 0 bridgehead atoms. The lowest BCUT2D eigenvalue weighted by Gasteiger charge is -2.02. The molecule has 17 heavy (non-hydrogen) atoms. The first kappa shape index (κ1) is 10.1. The minimum absolute atomic E-state index is 0.472. The van der Waals surface area contributed by atoms with Crippen LogP contribution in [0.1, 0.15) is 23.7 Å². The minimum atomic E-state index is -0.798. The zero-order chi connectivity index (χ0) is 12.0. The molecule has 1 aliphatic rings. The molecule has 0 saturated heterocycles. The number of carboxylic acid groups (broad SMARTS) is 1. The second-order valence-corrected chi connectivity index (χ2v) is 4.23. The molecule has 0 spiro atoms. The zero-order valence-electron chi connectivity index (χ0n) is 9.38. The summed E-state index contributed by atoms with van der Waals surface area (Å²) in [5, 5.41) is 9.12. The Bertz CT molecular complexity index is 569. The third kappa shape index (κ3) is 1.39. The third-order valence-corrected chi connectivity index (χ3v) is 3.28. The Balaban J connectivity index is 2.11. The first-order valence-corrected chi connectivity index (χ1v) is 5.50. The molecule has 1 unspecified atom stereocenters. The van der Waals surface area contributed by atoms with Gasteiger partial charge < -0.3 is 14.1 Å². The quantitative estimate of drug-likeness (QED) is 0.857. The molecule has 0 aromatic carbocycles. The van der Waals surface area contributed by atoms with Crippen LogP contribution in [0.4, 0.5) is 0 Å². The van der Waals surface area contributed by atoms with E-state index in [1.165, 1.54) is 0 Å². The Kier molecular flexibility index (Phi) is 2.07. The van der Waals surface area contributed by atoms with Gasteiger partial charge in [0.05, 0.1) is 12.0 Å². The Hall–Kier alpha value is -2.04. The highest BCUT2D eigenvalue weighted by molar-refractivity contribution is 5.77. The summed E-state index contributed by atoms with van der Waals surface area (Å²) in [5.41, 5.74) is 1.69. The summed E-state index contributed by atoms with van der Waals surface area (Å²) in [6, 6.07) is 3.62. The summed E-state index contributed by atoms with van der Waals surface area (Å²) in [6.45, 7) is 0. The molecule has 1 aliphatic carbocycles. The predicted octanol–water partition coefficient (Wildman–Crippen LogP) is 1.79. The number of aliphatic carboxylic acids is 1. The summed E-state index contributed by atoms with van der Waals surface area (Å²) in [7, 11) is 1.90. The van der Waals surface area contributed by atoms with Crippen molar-refractivity contribution in [3.8, 4) is 11.6 Å². The predicted molar refractivity (Wildman–Crippen MR) is 59.6 cm³/mol. The van der Waals surface area contributed by atoms with Gasteiger partial charge in [0.1, 0.15) is 5.92 Å². The molecule has 1 atom stereocenters. The normalized spacial score (nSPS) is 18.3. The molecule has 88 valence electrons. The standard InChI is InChI=1S/C12H12N2O3/c1-14-8-5-4-7(12(15)16)10(8)13-11(14)9-3-2-6-17-9/h2-3,6-7H,4-5H2,1H3,(H,15,16). The van der Waals surface area contributed by atoms with Crippen LogP contribution < -0.4 is 0 Å². The molecule has 0 fully saturated rings. The molecule has 3 rings (SSSR count). The molecule has 0 aliphatic heterocycles. The highest BCUT2D eigenvalue weighted by Gasteiger charge is 2.34. The number of imidazole rings is 1. The van der Waals surface area contributed by atoms with E-state index < -0.39 is 11.9 Å². The van der Waals surface area contributed by atoms with Crippen LogP contribution in [0.15, 0.2) is 22.8 Å². The van der Waals surface area contributed by atoms with Gasteiger partial charge in [-0.3, -0.25) is 4.79 Å². The van der Waals surface area contributed by atoms with Crippen LogP contribution in [-0.4, -0.2) is 20.6 Å². The maximum atomic E-state index is 11.1. The van der Waals surface area contributed by atoms with E-state index in [-0.39, 0.29) is 0 Å². The molecule has 2 aromatic heterocycles. The number of hydrogen-bond donors (Lipinski definition) is 1. The molecule has 2 heterocycles. The summed E-state index contributed by atoms with van der Waals surface area (Å²) in [4.78, 5) is 15.5. The molecule has 1 N–H and O–H groups in total. The van der Waals surface area contributed by atoms with Crippen LogP contribution in [0, 0.1) is 0 Å². The molecular formula is C12H12N2O3. The van der Waals surface area contributed by atoms with E-state index >= 15 is 0 Å². The van der Waals surface area contributed by atoms with E-state index in [0.717, 1.165) is 12.1 Å². The average Bonchev–Trinajstić information content (AvgIpc) is 2.95. The van der Waals surface area contributed by atoms with E-state index in [0.29, 0.717) is 23.7 Å². The van der Waals surface area contributed by atoms with Gasteiger partial charge in [-0.2, -0.15) is 0 Å². The van der Waals surface area contributed by atoms with Crippen LogP contribution in [0.2, 0.25) is 0 Å². The first-order chi connectivity index (χ1) is 8.18. The molecular weight excluding hydrogens is 220 g/mol. The van der Waals surface area contributed by atoms with Gasteiger partial charge in [-0.05, 0) is 25.0 Å². The van der Waals surface area contributed by atoms with Gasteiger partial charge in [-0.25, -0.2) is 4.98 Å². The fraction of sp³-hybridized carbons (Fsp3) is 0.333. The van der Waals surface area contributed by atoms with Crippen molar-refractivity contribution < 1.29 is 14.3 Å². The van der Waals surface area contributed by atoms with Gasteiger partial charge in [0.15, 0.2) is 11.6 Å². The van der Waals surface area contributed by atoms with Crippen molar-refractivity contribution in [2.24, 2.45) is 7.05 Å². The highest BCUT2D eigenvalue weighted by atomic mass is 16.4. The van der Waals surface area contributed by atoms with E-state index in [1.54, 1.807) is 12.3 Å². The topological polar surface area (TPSA) is 68.3 Å². The van der Waals surface area contributed by atoms with Gasteiger partial charge in [-0.15, -0.1) is 0 Å². The molecule has 2 aromatic rings. The number of hydrogen-bond acceptors (Lipinski definition) is 3. The number of furan rings is 1. The molecule has 0 saturated carbocycles. The van der Waals surface area contributed by atoms with Crippen molar-refractivity contribution in [1.29, 1.82) is 0 Å². The van der Waals surface area contributed by atoms with Crippen molar-refractivity contribution in [3.63, 3.8) is 0 Å². The van der Waals surface area contributed by atoms with Gasteiger partial charge in [0, 0.05) is 12.7 Å². The lowest BCUT2D eigenvalue weighted by atomic mass is 10.1. The monoisotopic (exact) mass is 232 g/mol. The minimum Gasteiger partial charge on any atom is -0.481 e. The van der Waals surface area contributed by atoms with E-state index in [4.69, 9.17) is 9.52 Å². The third-order valence-electron chi connectivity index (χ3n) is 3.28. The maximum absolute atomic E-state index is 11.1. The van der Waals surface area contributed by atoms with E-state index in [1.807, 2.05) is 17.7 Å². The van der Waals surface area contributed by atoms with Gasteiger partial charge in [0.25, 0.3) is 0 Å². The maximum Gasteiger partial charge on any atom is 0.312 e. The highest BCUT2D eigenvalue weighted by Crippen LogP contribution is 2.35. The Morgan fingerprint density at radius 2 is 2.47 bits per heavy atom. The van der Waals surface area contributed by atoms with Crippen LogP contribution in [0.3, 0.4) is 0 Å². The summed E-state index contributed by atoms with van der Waals surface area (Å²) >= 11 is 0. The SMILES string of the molecule is Cn1c(-c2ccco2)nc2c1CCC2C(=O)O. The Morgan fingerprint density at radius 1 is 1.65 bits per heavy atom. The number of carboxylic acids is 1. The van der Waals surface area contributed by atoms with Crippen molar-refractivity contribution in [2.75, 3.05) is 0 Å². The van der Waals surface area contributed by atoms with Crippen molar-refractivity contribution in [3.05, 3.63) is 29.8 Å². The Labute approximate surface area is 97.7 Å². The molecule has 0 amide bonds. The van der Waals surface area contributed by atoms with Gasteiger partial charge >= 0.3 is 5.97 Å². The largest absolute Gasteiger partial charge is 0.481 e. The number of carbonyl (C=O) groups is 1. The fourth-order valence-electron chi connectivity index (χ4n) is 2.41. The summed E-state index contributed by atoms with van der Waals surface area (Å²) < 4.78 is 7.23. The molecule has 5 nitrogen and oxygen atoms in total. The zero-order valence-corrected chi connectivity index (χ0v) is 9.38. The smallest absolute Gasteiger partial charge is 0.312 e. The van der Waals surface area contributed by atoms with Crippen LogP contribution >= 0.6 is 0 Å². The number of fused-ring (bicyclic) bond motifs is 1. The Morgan fingerprint density at radius 3 is 3.12 bits per heavy atom. The number of nitrogens with zero attached hydrogens (tertiary/aromatic N) is 2. The second-order valence-electron chi connectivity index (χ2n) is 4.23. The van der Waals surface area contributed by atoms with E-state index in [2.05, 4.69) is 4.98 Å². The van der Waals surface area contributed by atoms with Crippen LogP contribution in [0.5, 0.6) is 0 Å². The van der Waals surface area contributed by atoms with Gasteiger partial charge in [-0.1, -0.05) is 0 Å². The van der Waals surface area contributed by atoms with E-state index in [9.17, 15) is 4.79 Å². The lowest BCUT2D eigenvalue weighted by molar-refractivity contribution is -0.138. The number of aromatic nitrogens is 2. The fourth-order valence-corrected chi connectivity index (χ4v) is 2.41. The second kappa shape index (κ2) is 3.48. The first-order valence-electron chi connectivity index (χ1n) is 5.50. The van der Waals surface area contributed by atoms with Crippen LogP contribution in [-0.2, 0) is 18.3 Å². The number of rotatable bonds is 2. The summed E-state index contributed by atoms with van der Waals surface area (Å²) in [6.07, 6.45) is 2.99. The molecule has 0 radical (unpaired) electrons. The lowest BCUT2D eigenvalue weighted by Crippen LogP contribution is -2.08. The van der Waals surface area contributed by atoms with Crippen molar-refractivity contribution in [1.82, 2.24) is 9.55 Å². The molecule has 5 heteroatoms.